The van der Waals surface area contributed by atoms with Crippen LogP contribution in [0.4, 0.5) is 18.9 Å². The van der Waals surface area contributed by atoms with Gasteiger partial charge in [0.1, 0.15) is 6.54 Å². The van der Waals surface area contributed by atoms with Crippen molar-refractivity contribution in [3.05, 3.63) is 58.7 Å². The SMILES string of the molecule is Cc1cc(C)c(S(=O)(=O)N(CC(=O)NC2CC2)c2cccc(C(F)(F)F)c2)c(C)c1. The normalized spacial score (nSPS) is 14.5. The Labute approximate surface area is 173 Å². The zero-order chi connectivity index (χ0) is 22.3. The Hall–Kier alpha value is -2.55. The van der Waals surface area contributed by atoms with E-state index in [1.165, 1.54) is 6.07 Å². The fourth-order valence-corrected chi connectivity index (χ4v) is 5.30. The summed E-state index contributed by atoms with van der Waals surface area (Å²) in [4.78, 5) is 12.4. The van der Waals surface area contributed by atoms with Gasteiger partial charge in [-0.2, -0.15) is 13.2 Å². The number of carbonyl (C=O) groups is 1. The van der Waals surface area contributed by atoms with Gasteiger partial charge in [0.05, 0.1) is 16.1 Å². The number of nitrogens with zero attached hydrogens (tertiary/aromatic N) is 1. The minimum atomic E-state index is -4.64. The third kappa shape index (κ3) is 4.77. The number of rotatable bonds is 6. The fraction of sp³-hybridized carbons (Fsp3) is 0.381. The average molecular weight is 440 g/mol. The van der Waals surface area contributed by atoms with Gasteiger partial charge in [0.2, 0.25) is 5.91 Å². The van der Waals surface area contributed by atoms with Gasteiger partial charge in [-0.3, -0.25) is 9.10 Å². The Morgan fingerprint density at radius 1 is 1.10 bits per heavy atom. The number of amides is 1. The minimum absolute atomic E-state index is 0.00795. The van der Waals surface area contributed by atoms with Crippen molar-refractivity contribution in [2.24, 2.45) is 0 Å². The van der Waals surface area contributed by atoms with Crippen LogP contribution in [0.3, 0.4) is 0 Å². The zero-order valence-corrected chi connectivity index (χ0v) is 17.7. The molecule has 0 unspecified atom stereocenters. The van der Waals surface area contributed by atoms with Crippen LogP contribution >= 0.6 is 0 Å². The second kappa shape index (κ2) is 7.94. The summed E-state index contributed by atoms with van der Waals surface area (Å²) >= 11 is 0. The van der Waals surface area contributed by atoms with Gasteiger partial charge in [-0.15, -0.1) is 0 Å². The van der Waals surface area contributed by atoms with Gasteiger partial charge in [0.15, 0.2) is 0 Å². The van der Waals surface area contributed by atoms with E-state index in [4.69, 9.17) is 0 Å². The average Bonchev–Trinajstić information content (AvgIpc) is 3.41. The van der Waals surface area contributed by atoms with Gasteiger partial charge in [-0.1, -0.05) is 23.8 Å². The van der Waals surface area contributed by atoms with E-state index in [-0.39, 0.29) is 16.6 Å². The van der Waals surface area contributed by atoms with E-state index in [1.807, 2.05) is 6.92 Å². The third-order valence-corrected chi connectivity index (χ3v) is 6.92. The number of aryl methyl sites for hydroxylation is 3. The van der Waals surface area contributed by atoms with Crippen LogP contribution in [-0.2, 0) is 21.0 Å². The smallest absolute Gasteiger partial charge is 0.352 e. The number of carbonyl (C=O) groups excluding carboxylic acids is 1. The molecule has 0 aromatic heterocycles. The van der Waals surface area contributed by atoms with E-state index in [1.54, 1.807) is 26.0 Å². The van der Waals surface area contributed by atoms with E-state index in [9.17, 15) is 26.4 Å². The van der Waals surface area contributed by atoms with Crippen LogP contribution in [0, 0.1) is 20.8 Å². The molecule has 1 saturated carbocycles. The summed E-state index contributed by atoms with van der Waals surface area (Å²) < 4.78 is 67.5. The van der Waals surface area contributed by atoms with Crippen LogP contribution in [0.1, 0.15) is 35.1 Å². The largest absolute Gasteiger partial charge is 0.416 e. The molecule has 0 spiro atoms. The molecule has 1 aliphatic rings. The van der Waals surface area contributed by atoms with Gasteiger partial charge < -0.3 is 5.32 Å². The lowest BCUT2D eigenvalue weighted by molar-refractivity contribution is -0.137. The molecule has 162 valence electrons. The van der Waals surface area contributed by atoms with Crippen LogP contribution in [0.25, 0.3) is 0 Å². The molecule has 1 fully saturated rings. The predicted molar refractivity (Wildman–Crippen MR) is 108 cm³/mol. The zero-order valence-electron chi connectivity index (χ0n) is 16.9. The molecule has 0 radical (unpaired) electrons. The molecule has 0 atom stereocenters. The molecular weight excluding hydrogens is 417 g/mol. The molecule has 0 heterocycles. The van der Waals surface area contributed by atoms with Gasteiger partial charge in [0, 0.05) is 6.04 Å². The van der Waals surface area contributed by atoms with E-state index >= 15 is 0 Å². The van der Waals surface area contributed by atoms with Crippen molar-refractivity contribution < 1.29 is 26.4 Å². The highest BCUT2D eigenvalue weighted by Crippen LogP contribution is 2.34. The van der Waals surface area contributed by atoms with Gasteiger partial charge in [-0.25, -0.2) is 8.42 Å². The number of halogens is 3. The van der Waals surface area contributed by atoms with Crippen LogP contribution < -0.4 is 9.62 Å². The molecule has 3 rings (SSSR count). The summed E-state index contributed by atoms with van der Waals surface area (Å²) in [6.07, 6.45) is -3.03. The minimum Gasteiger partial charge on any atom is -0.352 e. The second-order valence-electron chi connectivity index (χ2n) is 7.63. The monoisotopic (exact) mass is 440 g/mol. The first-order chi connectivity index (χ1) is 13.9. The van der Waals surface area contributed by atoms with Crippen LogP contribution in [0.5, 0.6) is 0 Å². The fourth-order valence-electron chi connectivity index (χ4n) is 3.47. The highest BCUT2D eigenvalue weighted by atomic mass is 32.2. The van der Waals surface area contributed by atoms with Crippen LogP contribution in [0.15, 0.2) is 41.3 Å². The summed E-state index contributed by atoms with van der Waals surface area (Å²) in [6.45, 7) is 4.47. The molecule has 1 N–H and O–H groups in total. The lowest BCUT2D eigenvalue weighted by atomic mass is 10.1. The molecule has 2 aromatic carbocycles. The molecule has 0 bridgehead atoms. The molecule has 2 aromatic rings. The van der Waals surface area contributed by atoms with E-state index < -0.39 is 34.2 Å². The van der Waals surface area contributed by atoms with Crippen molar-refractivity contribution in [1.82, 2.24) is 5.32 Å². The number of benzene rings is 2. The Balaban J connectivity index is 2.11. The van der Waals surface area contributed by atoms with Crippen molar-refractivity contribution in [3.63, 3.8) is 0 Å². The molecule has 5 nitrogen and oxygen atoms in total. The molecule has 1 aliphatic carbocycles. The Morgan fingerprint density at radius 2 is 1.70 bits per heavy atom. The van der Waals surface area contributed by atoms with Gasteiger partial charge >= 0.3 is 6.18 Å². The quantitative estimate of drug-likeness (QED) is 0.735. The molecule has 0 aliphatic heterocycles. The molecule has 9 heteroatoms. The van der Waals surface area contributed by atoms with Crippen molar-refractivity contribution in [2.45, 2.75) is 50.7 Å². The lowest BCUT2D eigenvalue weighted by Gasteiger charge is -2.26. The topological polar surface area (TPSA) is 66.5 Å². The number of alkyl halides is 3. The first-order valence-corrected chi connectivity index (χ1v) is 10.9. The molecule has 0 saturated heterocycles. The summed E-state index contributed by atoms with van der Waals surface area (Å²) in [6, 6.07) is 7.38. The van der Waals surface area contributed by atoms with Crippen molar-refractivity contribution >= 4 is 21.6 Å². The van der Waals surface area contributed by atoms with Crippen LogP contribution in [-0.4, -0.2) is 26.9 Å². The van der Waals surface area contributed by atoms with Crippen LogP contribution in [0.2, 0.25) is 0 Å². The highest BCUT2D eigenvalue weighted by Gasteiger charge is 2.35. The highest BCUT2D eigenvalue weighted by molar-refractivity contribution is 7.93. The number of hydrogen-bond donors (Lipinski definition) is 1. The van der Waals surface area contributed by atoms with E-state index in [0.29, 0.717) is 11.1 Å². The summed E-state index contributed by atoms with van der Waals surface area (Å²) in [5.74, 6) is -0.555. The summed E-state index contributed by atoms with van der Waals surface area (Å²) in [7, 11) is -4.30. The summed E-state index contributed by atoms with van der Waals surface area (Å²) in [5, 5.41) is 2.69. The number of sulfonamides is 1. The van der Waals surface area contributed by atoms with E-state index in [2.05, 4.69) is 5.32 Å². The maximum absolute atomic E-state index is 13.5. The molecule has 1 amide bonds. The first-order valence-electron chi connectivity index (χ1n) is 9.47. The first kappa shape index (κ1) is 22.1. The maximum atomic E-state index is 13.5. The standard InChI is InChI=1S/C21H23F3N2O3S/c1-13-9-14(2)20(15(3)10-13)30(28,29)26(12-19(27)25-17-7-8-17)18-6-4-5-16(11-18)21(22,23)24/h4-6,9-11,17H,7-8,12H2,1-3H3,(H,25,27). The molecular formula is C21H23F3N2O3S. The number of hydrogen-bond acceptors (Lipinski definition) is 3. The van der Waals surface area contributed by atoms with Gasteiger partial charge in [0.25, 0.3) is 10.0 Å². The number of anilines is 1. The Kier molecular flexibility index (Phi) is 5.86. The molecule has 30 heavy (non-hydrogen) atoms. The Morgan fingerprint density at radius 3 is 2.23 bits per heavy atom. The van der Waals surface area contributed by atoms with Crippen molar-refractivity contribution in [1.29, 1.82) is 0 Å². The summed E-state index contributed by atoms with van der Waals surface area (Å²) in [5.41, 5.74) is 0.593. The maximum Gasteiger partial charge on any atom is 0.416 e. The second-order valence-corrected chi connectivity index (χ2v) is 9.43. The number of nitrogens with one attached hydrogen (secondary N) is 1. The third-order valence-electron chi connectivity index (χ3n) is 4.84. The lowest BCUT2D eigenvalue weighted by Crippen LogP contribution is -2.42. The Bertz CT molecular complexity index is 1050. The predicted octanol–water partition coefficient (Wildman–Crippen LogP) is 4.10. The van der Waals surface area contributed by atoms with Crippen molar-refractivity contribution in [3.8, 4) is 0 Å². The van der Waals surface area contributed by atoms with Crippen molar-refractivity contribution in [2.75, 3.05) is 10.8 Å². The van der Waals surface area contributed by atoms with Gasteiger partial charge in [-0.05, 0) is 62.9 Å². The van der Waals surface area contributed by atoms with E-state index in [0.717, 1.165) is 40.9 Å².